The molecular weight excluding hydrogens is 463 g/mol. The molecule has 2 aromatic heterocycles. The highest BCUT2D eigenvalue weighted by molar-refractivity contribution is 7.90. The first-order chi connectivity index (χ1) is 16.1. The minimum absolute atomic E-state index is 0.0995. The number of piperidine rings is 1. The van der Waals surface area contributed by atoms with Gasteiger partial charge in [0.05, 0.1) is 22.1 Å². The Morgan fingerprint density at radius 2 is 1.97 bits per heavy atom. The smallest absolute Gasteiger partial charge is 0.412 e. The van der Waals surface area contributed by atoms with Gasteiger partial charge in [-0.15, -0.1) is 0 Å². The van der Waals surface area contributed by atoms with Gasteiger partial charge in [0.2, 0.25) is 5.88 Å². The van der Waals surface area contributed by atoms with Crippen LogP contribution in [0, 0.1) is 5.82 Å². The summed E-state index contributed by atoms with van der Waals surface area (Å²) in [5, 5.41) is 0.488. The van der Waals surface area contributed by atoms with Crippen LogP contribution in [0.3, 0.4) is 0 Å². The molecule has 1 aromatic carbocycles. The van der Waals surface area contributed by atoms with Crippen LogP contribution in [0.25, 0.3) is 22.2 Å². The molecule has 180 valence electrons. The van der Waals surface area contributed by atoms with Crippen LogP contribution in [0.2, 0.25) is 0 Å². The van der Waals surface area contributed by atoms with Crippen LogP contribution >= 0.6 is 0 Å². The normalized spacial score (nSPS) is 16.6. The quantitative estimate of drug-likeness (QED) is 0.530. The molecule has 1 aliphatic heterocycles. The van der Waals surface area contributed by atoms with Crippen LogP contribution in [0.15, 0.2) is 41.7 Å². The maximum atomic E-state index is 14.9. The van der Waals surface area contributed by atoms with Crippen molar-refractivity contribution in [3.05, 3.63) is 42.6 Å². The monoisotopic (exact) mass is 488 g/mol. The largest absolute Gasteiger partial charge is 0.453 e. The van der Waals surface area contributed by atoms with Crippen molar-refractivity contribution in [3.63, 3.8) is 0 Å². The molecule has 4 rings (SSSR count). The number of carbonyl (C=O) groups is 1. The number of ether oxygens (including phenoxy) is 2. The Balaban J connectivity index is 1.71. The number of nitrogens with zero attached hydrogens (tertiary/aromatic N) is 4. The minimum Gasteiger partial charge on any atom is -0.453 e. The number of carbonyl (C=O) groups excluding carboxylic acids is 1. The Morgan fingerprint density at radius 3 is 2.68 bits per heavy atom. The molecule has 1 amide bonds. The summed E-state index contributed by atoms with van der Waals surface area (Å²) in [6, 6.07) is 5.30. The van der Waals surface area contributed by atoms with Gasteiger partial charge in [0.15, 0.2) is 16.1 Å². The number of hydrogen-bond acceptors (Lipinski definition) is 8. The average molecular weight is 489 g/mol. The highest BCUT2D eigenvalue weighted by Gasteiger charge is 2.31. The lowest BCUT2D eigenvalue weighted by Gasteiger charge is -2.34. The van der Waals surface area contributed by atoms with Gasteiger partial charge in [-0.2, -0.15) is 0 Å². The predicted molar refractivity (Wildman–Crippen MR) is 122 cm³/mol. The van der Waals surface area contributed by atoms with Crippen molar-refractivity contribution in [2.24, 2.45) is 0 Å². The molecule has 1 saturated heterocycles. The van der Waals surface area contributed by atoms with Crippen molar-refractivity contribution in [3.8, 4) is 17.1 Å². The zero-order valence-corrected chi connectivity index (χ0v) is 19.9. The Hall–Kier alpha value is -3.34. The number of pyridine rings is 1. The fourth-order valence-electron chi connectivity index (χ4n) is 3.81. The second-order valence-electron chi connectivity index (χ2n) is 8.34. The van der Waals surface area contributed by atoms with Gasteiger partial charge in [0, 0.05) is 31.0 Å². The SMILES string of the molecule is CC(C)OC(=O)N1CCCCC1Oc1ncnc2c(-c3ccc(S(C)(=O)=O)cc3F)nccc12. The number of rotatable bonds is 5. The van der Waals surface area contributed by atoms with Crippen molar-refractivity contribution in [2.75, 3.05) is 12.8 Å². The number of fused-ring (bicyclic) bond motifs is 1. The Labute approximate surface area is 196 Å². The lowest BCUT2D eigenvalue weighted by atomic mass is 10.1. The number of halogens is 1. The molecule has 0 N–H and O–H groups in total. The zero-order valence-electron chi connectivity index (χ0n) is 19.1. The van der Waals surface area contributed by atoms with Crippen molar-refractivity contribution in [2.45, 2.75) is 50.3 Å². The summed E-state index contributed by atoms with van der Waals surface area (Å²) in [4.78, 5) is 26.8. The molecule has 9 nitrogen and oxygen atoms in total. The molecule has 0 saturated carbocycles. The van der Waals surface area contributed by atoms with Gasteiger partial charge >= 0.3 is 6.09 Å². The lowest BCUT2D eigenvalue weighted by Crippen LogP contribution is -2.47. The second-order valence-corrected chi connectivity index (χ2v) is 10.4. The maximum Gasteiger partial charge on any atom is 0.412 e. The molecule has 0 spiro atoms. The van der Waals surface area contributed by atoms with Crippen LogP contribution in [0.5, 0.6) is 5.88 Å². The first-order valence-corrected chi connectivity index (χ1v) is 12.8. The number of amides is 1. The molecule has 3 aromatic rings. The number of hydrogen-bond donors (Lipinski definition) is 0. The van der Waals surface area contributed by atoms with Crippen LogP contribution in [-0.4, -0.2) is 59.5 Å². The first kappa shape index (κ1) is 23.8. The molecular formula is C23H25FN4O5S. The zero-order chi connectivity index (χ0) is 24.5. The Morgan fingerprint density at radius 1 is 1.18 bits per heavy atom. The highest BCUT2D eigenvalue weighted by atomic mass is 32.2. The van der Waals surface area contributed by atoms with Gasteiger partial charge in [0.1, 0.15) is 17.7 Å². The molecule has 1 unspecified atom stereocenters. The fraction of sp³-hybridized carbons (Fsp3) is 0.391. The van der Waals surface area contributed by atoms with Gasteiger partial charge in [-0.3, -0.25) is 9.88 Å². The van der Waals surface area contributed by atoms with E-state index >= 15 is 0 Å². The Kier molecular flexibility index (Phi) is 6.65. The van der Waals surface area contributed by atoms with E-state index < -0.39 is 28.0 Å². The number of likely N-dealkylation sites (tertiary alicyclic amines) is 1. The minimum atomic E-state index is -3.56. The molecule has 0 radical (unpaired) electrons. The third-order valence-corrected chi connectivity index (χ3v) is 6.52. The van der Waals surface area contributed by atoms with Gasteiger partial charge in [0.25, 0.3) is 0 Å². The molecule has 3 heterocycles. The summed E-state index contributed by atoms with van der Waals surface area (Å²) in [6.07, 6.45) is 4.83. The molecule has 0 bridgehead atoms. The summed E-state index contributed by atoms with van der Waals surface area (Å²) in [5.41, 5.74) is 0.662. The van der Waals surface area contributed by atoms with E-state index in [9.17, 15) is 17.6 Å². The third kappa shape index (κ3) is 4.93. The molecule has 0 aliphatic carbocycles. The van der Waals surface area contributed by atoms with E-state index in [-0.39, 0.29) is 28.1 Å². The summed E-state index contributed by atoms with van der Waals surface area (Å²) in [6.45, 7) is 4.07. The van der Waals surface area contributed by atoms with E-state index in [1.807, 2.05) is 0 Å². The number of benzene rings is 1. The molecule has 11 heteroatoms. The van der Waals surface area contributed by atoms with Crippen LogP contribution in [0.4, 0.5) is 9.18 Å². The van der Waals surface area contributed by atoms with E-state index in [0.717, 1.165) is 25.2 Å². The molecule has 34 heavy (non-hydrogen) atoms. The van der Waals surface area contributed by atoms with Crippen molar-refractivity contribution >= 4 is 26.8 Å². The Bertz CT molecular complexity index is 1330. The van der Waals surface area contributed by atoms with Gasteiger partial charge in [-0.1, -0.05) is 0 Å². The van der Waals surface area contributed by atoms with Crippen molar-refractivity contribution in [1.29, 1.82) is 0 Å². The van der Waals surface area contributed by atoms with E-state index in [2.05, 4.69) is 15.0 Å². The first-order valence-electron chi connectivity index (χ1n) is 10.9. The fourth-order valence-corrected chi connectivity index (χ4v) is 4.44. The highest BCUT2D eigenvalue weighted by Crippen LogP contribution is 2.32. The molecule has 1 atom stereocenters. The average Bonchev–Trinajstić information content (AvgIpc) is 2.78. The molecule has 1 aliphatic rings. The summed E-state index contributed by atoms with van der Waals surface area (Å²) in [5.74, 6) is -0.505. The lowest BCUT2D eigenvalue weighted by molar-refractivity contribution is -0.0155. The van der Waals surface area contributed by atoms with Crippen LogP contribution in [-0.2, 0) is 14.6 Å². The summed E-state index contributed by atoms with van der Waals surface area (Å²) >= 11 is 0. The topological polar surface area (TPSA) is 112 Å². The maximum absolute atomic E-state index is 14.9. The second kappa shape index (κ2) is 9.49. The van der Waals surface area contributed by atoms with Crippen LogP contribution in [0.1, 0.15) is 33.1 Å². The third-order valence-electron chi connectivity index (χ3n) is 5.41. The standard InChI is InChI=1S/C23H25FN4O5S/c1-14(2)32-23(29)28-11-5-4-6-19(28)33-22-17-9-10-25-20(21(17)26-13-27-22)16-8-7-15(12-18(16)24)34(3,30)31/h7-10,12-14,19H,4-6,11H2,1-3H3. The van der Waals surface area contributed by atoms with Gasteiger partial charge < -0.3 is 9.47 Å². The number of aromatic nitrogens is 3. The van der Waals surface area contributed by atoms with E-state index in [1.165, 1.54) is 24.7 Å². The van der Waals surface area contributed by atoms with Crippen LogP contribution < -0.4 is 4.74 Å². The van der Waals surface area contributed by atoms with Gasteiger partial charge in [-0.25, -0.2) is 27.6 Å². The van der Waals surface area contributed by atoms with E-state index in [0.29, 0.717) is 23.9 Å². The summed E-state index contributed by atoms with van der Waals surface area (Å²) < 4.78 is 49.9. The van der Waals surface area contributed by atoms with Gasteiger partial charge in [-0.05, 0) is 51.0 Å². The molecule has 1 fully saturated rings. The number of sulfone groups is 1. The van der Waals surface area contributed by atoms with Crippen molar-refractivity contribution < 1.29 is 27.1 Å². The van der Waals surface area contributed by atoms with E-state index in [4.69, 9.17) is 9.47 Å². The van der Waals surface area contributed by atoms with Crippen molar-refractivity contribution in [1.82, 2.24) is 19.9 Å². The predicted octanol–water partition coefficient (Wildman–Crippen LogP) is 3.97. The summed E-state index contributed by atoms with van der Waals surface area (Å²) in [7, 11) is -3.56. The van der Waals surface area contributed by atoms with E-state index in [1.54, 1.807) is 24.8 Å².